The smallest absolute Gasteiger partial charge is 0.412 e. The Labute approximate surface area is 113 Å². The quantitative estimate of drug-likeness (QED) is 0.672. The molecule has 0 fully saturated rings. The molecule has 2 aromatic rings. The number of rotatable bonds is 2. The Morgan fingerprint density at radius 1 is 1.37 bits per heavy atom. The Morgan fingerprint density at radius 3 is 2.74 bits per heavy atom. The van der Waals surface area contributed by atoms with Crippen LogP contribution in [0.4, 0.5) is 4.79 Å². The van der Waals surface area contributed by atoms with Gasteiger partial charge in [-0.25, -0.2) is 9.59 Å². The molecular weight excluding hydrogens is 272 g/mol. The van der Waals surface area contributed by atoms with Gasteiger partial charge in [0.25, 0.3) is 0 Å². The van der Waals surface area contributed by atoms with Crippen LogP contribution in [0.15, 0.2) is 24.4 Å². The fourth-order valence-corrected chi connectivity index (χ4v) is 1.82. The third-order valence-corrected chi connectivity index (χ3v) is 2.75. The van der Waals surface area contributed by atoms with E-state index in [2.05, 4.69) is 9.72 Å². The van der Waals surface area contributed by atoms with Gasteiger partial charge < -0.3 is 15.2 Å². The minimum Gasteiger partial charge on any atom is -0.496 e. The number of methoxy groups -OCH3 is 1. The van der Waals surface area contributed by atoms with Gasteiger partial charge in [-0.05, 0) is 12.1 Å². The molecule has 0 saturated carbocycles. The normalized spacial score (nSPS) is 10.2. The lowest BCUT2D eigenvalue weighted by Crippen LogP contribution is -2.19. The van der Waals surface area contributed by atoms with Gasteiger partial charge >= 0.3 is 12.1 Å². The first-order valence-electron chi connectivity index (χ1n) is 5.17. The molecule has 0 bridgehead atoms. The van der Waals surface area contributed by atoms with Gasteiger partial charge in [0.05, 0.1) is 17.6 Å². The van der Waals surface area contributed by atoms with E-state index in [0.717, 1.165) is 0 Å². The SMILES string of the molecule is COc1cc2nccc(Cl)c2cc1C(=O)OC(N)=O. The van der Waals surface area contributed by atoms with Crippen molar-refractivity contribution in [2.45, 2.75) is 0 Å². The monoisotopic (exact) mass is 280 g/mol. The summed E-state index contributed by atoms with van der Waals surface area (Å²) >= 11 is 6.01. The fourth-order valence-electron chi connectivity index (χ4n) is 1.61. The molecule has 0 saturated heterocycles. The van der Waals surface area contributed by atoms with Gasteiger partial charge in [0.2, 0.25) is 0 Å². The molecule has 2 rings (SSSR count). The third kappa shape index (κ3) is 2.58. The molecule has 0 aliphatic heterocycles. The number of pyridine rings is 1. The maximum atomic E-state index is 11.7. The second-order valence-electron chi connectivity index (χ2n) is 3.57. The van der Waals surface area contributed by atoms with Gasteiger partial charge in [-0.2, -0.15) is 0 Å². The summed E-state index contributed by atoms with van der Waals surface area (Å²) in [5.41, 5.74) is 5.40. The van der Waals surface area contributed by atoms with Crippen molar-refractivity contribution in [2.75, 3.05) is 7.11 Å². The second kappa shape index (κ2) is 5.11. The standard InChI is InChI=1S/C12H9ClN2O4/c1-18-10-5-9-6(8(13)2-3-15-9)4-7(10)11(16)19-12(14)17/h2-5H,1H3,(H2,14,17). The van der Waals surface area contributed by atoms with E-state index in [9.17, 15) is 9.59 Å². The van der Waals surface area contributed by atoms with Gasteiger partial charge in [0.1, 0.15) is 11.3 Å². The van der Waals surface area contributed by atoms with Crippen LogP contribution in [0.1, 0.15) is 10.4 Å². The van der Waals surface area contributed by atoms with E-state index in [4.69, 9.17) is 22.1 Å². The van der Waals surface area contributed by atoms with Gasteiger partial charge in [-0.15, -0.1) is 0 Å². The van der Waals surface area contributed by atoms with E-state index in [-0.39, 0.29) is 11.3 Å². The summed E-state index contributed by atoms with van der Waals surface area (Å²) in [6.45, 7) is 0. The number of ether oxygens (including phenoxy) is 2. The number of hydrogen-bond acceptors (Lipinski definition) is 5. The van der Waals surface area contributed by atoms with Crippen molar-refractivity contribution in [3.8, 4) is 5.75 Å². The lowest BCUT2D eigenvalue weighted by Gasteiger charge is -2.09. The summed E-state index contributed by atoms with van der Waals surface area (Å²) < 4.78 is 9.38. The molecular formula is C12H9ClN2O4. The molecule has 0 spiro atoms. The summed E-state index contributed by atoms with van der Waals surface area (Å²) in [5.74, 6) is -0.695. The molecule has 2 N–H and O–H groups in total. The van der Waals surface area contributed by atoms with Crippen molar-refractivity contribution >= 4 is 34.6 Å². The maximum Gasteiger partial charge on any atom is 0.412 e. The predicted molar refractivity (Wildman–Crippen MR) is 68.3 cm³/mol. The third-order valence-electron chi connectivity index (χ3n) is 2.42. The molecule has 6 nitrogen and oxygen atoms in total. The van der Waals surface area contributed by atoms with Crippen molar-refractivity contribution in [1.82, 2.24) is 4.98 Å². The van der Waals surface area contributed by atoms with E-state index in [0.29, 0.717) is 15.9 Å². The van der Waals surface area contributed by atoms with Crippen LogP contribution < -0.4 is 10.5 Å². The fraction of sp³-hybridized carbons (Fsp3) is 0.0833. The first kappa shape index (κ1) is 13.1. The Balaban J connectivity index is 2.61. The molecule has 0 aliphatic rings. The average molecular weight is 281 g/mol. The van der Waals surface area contributed by atoms with E-state index in [1.807, 2.05) is 0 Å². The molecule has 1 amide bonds. The van der Waals surface area contributed by atoms with Crippen LogP contribution in [-0.4, -0.2) is 24.2 Å². The molecule has 1 aromatic carbocycles. The maximum absolute atomic E-state index is 11.7. The van der Waals surface area contributed by atoms with E-state index in [1.165, 1.54) is 25.4 Å². The highest BCUT2D eigenvalue weighted by atomic mass is 35.5. The first-order valence-corrected chi connectivity index (χ1v) is 5.54. The van der Waals surface area contributed by atoms with E-state index < -0.39 is 12.1 Å². The number of aromatic nitrogens is 1. The number of carbonyl (C=O) groups excluding carboxylic acids is 2. The molecule has 7 heteroatoms. The van der Waals surface area contributed by atoms with Crippen molar-refractivity contribution in [1.29, 1.82) is 0 Å². The molecule has 19 heavy (non-hydrogen) atoms. The Morgan fingerprint density at radius 2 is 2.11 bits per heavy atom. The molecule has 0 unspecified atom stereocenters. The Kier molecular flexibility index (Phi) is 3.52. The predicted octanol–water partition coefficient (Wildman–Crippen LogP) is 2.13. The molecule has 0 aliphatic carbocycles. The second-order valence-corrected chi connectivity index (χ2v) is 3.98. The van der Waals surface area contributed by atoms with E-state index in [1.54, 1.807) is 6.07 Å². The van der Waals surface area contributed by atoms with Crippen LogP contribution in [0.25, 0.3) is 10.9 Å². The largest absolute Gasteiger partial charge is 0.496 e. The number of nitrogens with zero attached hydrogens (tertiary/aromatic N) is 1. The summed E-state index contributed by atoms with van der Waals surface area (Å²) in [7, 11) is 1.38. The minimum absolute atomic E-state index is 0.0451. The number of fused-ring (bicyclic) bond motifs is 1. The van der Waals surface area contributed by atoms with Gasteiger partial charge in [0, 0.05) is 17.6 Å². The molecule has 0 atom stereocenters. The van der Waals surface area contributed by atoms with Gasteiger partial charge in [-0.1, -0.05) is 11.6 Å². The van der Waals surface area contributed by atoms with Crippen LogP contribution in [0.3, 0.4) is 0 Å². The highest BCUT2D eigenvalue weighted by molar-refractivity contribution is 6.35. The lowest BCUT2D eigenvalue weighted by molar-refractivity contribution is 0.0635. The minimum atomic E-state index is -1.19. The topological polar surface area (TPSA) is 91.5 Å². The number of amides is 1. The molecule has 0 radical (unpaired) electrons. The number of esters is 1. The number of nitrogens with two attached hydrogens (primary N) is 1. The molecule has 98 valence electrons. The summed E-state index contributed by atoms with van der Waals surface area (Å²) in [4.78, 5) is 26.4. The van der Waals surface area contributed by atoms with Crippen LogP contribution in [-0.2, 0) is 4.74 Å². The molecule has 1 aromatic heterocycles. The van der Waals surface area contributed by atoms with Crippen LogP contribution in [0, 0.1) is 0 Å². The van der Waals surface area contributed by atoms with Crippen LogP contribution >= 0.6 is 11.6 Å². The zero-order valence-corrected chi connectivity index (χ0v) is 10.6. The van der Waals surface area contributed by atoms with Crippen molar-refractivity contribution in [3.05, 3.63) is 35.0 Å². The number of hydrogen-bond donors (Lipinski definition) is 1. The number of halogens is 1. The summed E-state index contributed by atoms with van der Waals surface area (Å²) in [6.07, 6.45) is 0.343. The number of benzene rings is 1. The van der Waals surface area contributed by atoms with Crippen molar-refractivity contribution in [2.24, 2.45) is 5.73 Å². The Hall–Kier alpha value is -2.34. The number of primary amides is 1. The molecule has 1 heterocycles. The highest BCUT2D eigenvalue weighted by Gasteiger charge is 2.18. The zero-order valence-electron chi connectivity index (χ0n) is 9.84. The first-order chi connectivity index (χ1) is 9.02. The van der Waals surface area contributed by atoms with Crippen LogP contribution in [0.5, 0.6) is 5.75 Å². The lowest BCUT2D eigenvalue weighted by atomic mass is 10.1. The summed E-state index contributed by atoms with van der Waals surface area (Å²) in [6, 6.07) is 4.55. The van der Waals surface area contributed by atoms with E-state index >= 15 is 0 Å². The zero-order chi connectivity index (χ0) is 14.0. The Bertz CT molecular complexity index is 672. The number of carbonyl (C=O) groups is 2. The van der Waals surface area contributed by atoms with Crippen molar-refractivity contribution < 1.29 is 19.1 Å². The summed E-state index contributed by atoms with van der Waals surface area (Å²) in [5, 5.41) is 0.960. The highest BCUT2D eigenvalue weighted by Crippen LogP contribution is 2.29. The average Bonchev–Trinajstić information content (AvgIpc) is 2.37. The van der Waals surface area contributed by atoms with Crippen LogP contribution in [0.2, 0.25) is 5.02 Å². The van der Waals surface area contributed by atoms with Gasteiger partial charge in [0.15, 0.2) is 0 Å². The van der Waals surface area contributed by atoms with Gasteiger partial charge in [-0.3, -0.25) is 4.98 Å². The van der Waals surface area contributed by atoms with Crippen molar-refractivity contribution in [3.63, 3.8) is 0 Å².